The maximum Gasteiger partial charge on any atom is 0.0854 e. The van der Waals surface area contributed by atoms with Crippen LogP contribution in [-0.4, -0.2) is 29.0 Å². The number of hydrogen-bond donors (Lipinski definition) is 2. The molecule has 3 heteroatoms. The number of hydrogen-bond acceptors (Lipinski definition) is 3. The van der Waals surface area contributed by atoms with Crippen LogP contribution in [0, 0.1) is 6.92 Å². The van der Waals surface area contributed by atoms with Gasteiger partial charge in [0.1, 0.15) is 0 Å². The van der Waals surface area contributed by atoms with Gasteiger partial charge in [0.05, 0.1) is 24.9 Å². The molecule has 25 heavy (non-hydrogen) atoms. The van der Waals surface area contributed by atoms with Gasteiger partial charge in [-0.15, -0.1) is 0 Å². The average molecular weight is 340 g/mol. The molecule has 0 aliphatic carbocycles. The molecule has 1 saturated heterocycles. The molecule has 0 radical (unpaired) electrons. The van der Waals surface area contributed by atoms with E-state index in [9.17, 15) is 10.2 Å². The molecule has 1 aliphatic heterocycles. The molecule has 3 nitrogen and oxygen atoms in total. The van der Waals surface area contributed by atoms with Crippen molar-refractivity contribution >= 4 is 0 Å². The van der Waals surface area contributed by atoms with E-state index in [1.54, 1.807) is 0 Å². The Labute approximate surface area is 150 Å². The number of rotatable bonds is 5. The highest BCUT2D eigenvalue weighted by atomic mass is 16.5. The number of aliphatic hydroxyl groups excluding tert-OH is 2. The lowest BCUT2D eigenvalue weighted by atomic mass is 9.92. The Morgan fingerprint density at radius 1 is 1.04 bits per heavy atom. The molecule has 1 heterocycles. The van der Waals surface area contributed by atoms with Gasteiger partial charge in [-0.1, -0.05) is 49.4 Å². The lowest BCUT2D eigenvalue weighted by Crippen LogP contribution is -2.33. The molecule has 0 aromatic heterocycles. The van der Waals surface area contributed by atoms with Crippen LogP contribution in [0.15, 0.2) is 42.5 Å². The molecule has 2 aromatic rings. The van der Waals surface area contributed by atoms with E-state index >= 15 is 0 Å². The van der Waals surface area contributed by atoms with Crippen LogP contribution in [-0.2, 0) is 17.6 Å². The van der Waals surface area contributed by atoms with Gasteiger partial charge >= 0.3 is 0 Å². The van der Waals surface area contributed by atoms with Gasteiger partial charge < -0.3 is 14.9 Å². The zero-order valence-corrected chi connectivity index (χ0v) is 15.1. The van der Waals surface area contributed by atoms with E-state index in [0.29, 0.717) is 12.8 Å². The monoisotopic (exact) mass is 340 g/mol. The number of benzene rings is 2. The molecule has 0 spiro atoms. The fourth-order valence-corrected chi connectivity index (χ4v) is 3.52. The Morgan fingerprint density at radius 2 is 1.76 bits per heavy atom. The van der Waals surface area contributed by atoms with Crippen molar-refractivity contribution in [2.75, 3.05) is 6.61 Å². The minimum Gasteiger partial charge on any atom is -0.394 e. The first-order chi connectivity index (χ1) is 12.1. The van der Waals surface area contributed by atoms with Crippen LogP contribution in [0.1, 0.15) is 53.7 Å². The Hall–Kier alpha value is -1.68. The van der Waals surface area contributed by atoms with Crippen molar-refractivity contribution in [3.05, 3.63) is 70.3 Å². The largest absolute Gasteiger partial charge is 0.394 e. The molecule has 1 fully saturated rings. The summed E-state index contributed by atoms with van der Waals surface area (Å²) in [6.45, 7) is 4.25. The summed E-state index contributed by atoms with van der Waals surface area (Å²) >= 11 is 0. The highest BCUT2D eigenvalue weighted by Gasteiger charge is 2.29. The van der Waals surface area contributed by atoms with Crippen LogP contribution in [0.5, 0.6) is 0 Å². The van der Waals surface area contributed by atoms with E-state index in [4.69, 9.17) is 4.74 Å². The molecule has 3 rings (SSSR count). The van der Waals surface area contributed by atoms with Crippen molar-refractivity contribution in [3.8, 4) is 0 Å². The summed E-state index contributed by atoms with van der Waals surface area (Å²) in [4.78, 5) is 0. The highest BCUT2D eigenvalue weighted by molar-refractivity contribution is 5.37. The zero-order chi connectivity index (χ0) is 17.8. The third-order valence-corrected chi connectivity index (χ3v) is 5.15. The number of ether oxygens (including phenoxy) is 1. The first kappa shape index (κ1) is 18.1. The van der Waals surface area contributed by atoms with Crippen LogP contribution >= 0.6 is 0 Å². The predicted octanol–water partition coefficient (Wildman–Crippen LogP) is 3.72. The summed E-state index contributed by atoms with van der Waals surface area (Å²) in [6.07, 6.45) is 2.20. The van der Waals surface area contributed by atoms with Gasteiger partial charge in [0, 0.05) is 12.8 Å². The Morgan fingerprint density at radius 3 is 2.44 bits per heavy atom. The summed E-state index contributed by atoms with van der Waals surface area (Å²) in [5.41, 5.74) is 6.29. The fraction of sp³-hybridized carbons (Fsp3) is 0.455. The molecule has 3 atom stereocenters. The topological polar surface area (TPSA) is 49.7 Å². The summed E-state index contributed by atoms with van der Waals surface area (Å²) in [5, 5.41) is 19.4. The molecule has 0 saturated carbocycles. The standard InChI is InChI=1S/C22H28O3/c1-3-16-5-7-17(8-6-16)10-19-11-18(9-4-15(19)2)22-13-20(24)12-21(14-23)25-22/h4-9,11,20-24H,3,10,12-14H2,1-2H3. The molecule has 3 unspecified atom stereocenters. The molecule has 0 bridgehead atoms. The molecule has 1 aliphatic rings. The highest BCUT2D eigenvalue weighted by Crippen LogP contribution is 2.32. The lowest BCUT2D eigenvalue weighted by molar-refractivity contribution is -0.113. The third-order valence-electron chi connectivity index (χ3n) is 5.15. The summed E-state index contributed by atoms with van der Waals surface area (Å²) in [6, 6.07) is 15.2. The summed E-state index contributed by atoms with van der Waals surface area (Å²) < 4.78 is 5.96. The Bertz CT molecular complexity index is 693. The van der Waals surface area contributed by atoms with Crippen molar-refractivity contribution in [3.63, 3.8) is 0 Å². The summed E-state index contributed by atoms with van der Waals surface area (Å²) in [7, 11) is 0. The van der Waals surface area contributed by atoms with Crippen molar-refractivity contribution in [2.24, 2.45) is 0 Å². The van der Waals surface area contributed by atoms with Gasteiger partial charge in [-0.2, -0.15) is 0 Å². The first-order valence-electron chi connectivity index (χ1n) is 9.20. The maximum atomic E-state index is 10.1. The van der Waals surface area contributed by atoms with E-state index in [0.717, 1.165) is 18.4 Å². The normalized spacial score (nSPS) is 23.6. The van der Waals surface area contributed by atoms with Gasteiger partial charge in [0.15, 0.2) is 0 Å². The van der Waals surface area contributed by atoms with Crippen LogP contribution in [0.25, 0.3) is 0 Å². The van der Waals surface area contributed by atoms with Crippen LogP contribution in [0.3, 0.4) is 0 Å². The molecule has 2 N–H and O–H groups in total. The Kier molecular flexibility index (Phi) is 5.89. The minimum absolute atomic E-state index is 0.0456. The lowest BCUT2D eigenvalue weighted by Gasteiger charge is -2.32. The van der Waals surface area contributed by atoms with Gasteiger partial charge in [0.25, 0.3) is 0 Å². The van der Waals surface area contributed by atoms with Crippen molar-refractivity contribution in [1.29, 1.82) is 0 Å². The van der Waals surface area contributed by atoms with Gasteiger partial charge in [-0.05, 0) is 47.6 Å². The van der Waals surface area contributed by atoms with Gasteiger partial charge in [-0.25, -0.2) is 0 Å². The van der Waals surface area contributed by atoms with E-state index < -0.39 is 6.10 Å². The smallest absolute Gasteiger partial charge is 0.0854 e. The van der Waals surface area contributed by atoms with E-state index in [1.807, 2.05) is 0 Å². The van der Waals surface area contributed by atoms with E-state index in [1.165, 1.54) is 22.3 Å². The molecule has 0 amide bonds. The summed E-state index contributed by atoms with van der Waals surface area (Å²) in [5.74, 6) is 0. The molecular weight excluding hydrogens is 312 g/mol. The minimum atomic E-state index is -0.415. The quantitative estimate of drug-likeness (QED) is 0.872. The van der Waals surface area contributed by atoms with E-state index in [2.05, 4.69) is 56.3 Å². The van der Waals surface area contributed by atoms with Crippen LogP contribution in [0.4, 0.5) is 0 Å². The van der Waals surface area contributed by atoms with Crippen molar-refractivity contribution in [1.82, 2.24) is 0 Å². The van der Waals surface area contributed by atoms with Crippen molar-refractivity contribution in [2.45, 2.75) is 57.8 Å². The zero-order valence-electron chi connectivity index (χ0n) is 15.1. The third kappa shape index (κ3) is 4.49. The fourth-order valence-electron chi connectivity index (χ4n) is 3.52. The number of aliphatic hydroxyl groups is 2. The second kappa shape index (κ2) is 8.13. The van der Waals surface area contributed by atoms with Gasteiger partial charge in [0.2, 0.25) is 0 Å². The SMILES string of the molecule is CCc1ccc(Cc2cc(C3CC(O)CC(CO)O3)ccc2C)cc1. The van der Waals surface area contributed by atoms with Gasteiger partial charge in [-0.3, -0.25) is 0 Å². The average Bonchev–Trinajstić information content (AvgIpc) is 2.63. The molecule has 134 valence electrons. The first-order valence-corrected chi connectivity index (χ1v) is 9.20. The van der Waals surface area contributed by atoms with Crippen LogP contribution < -0.4 is 0 Å². The number of aryl methyl sites for hydroxylation is 2. The second-order valence-corrected chi connectivity index (χ2v) is 7.09. The maximum absolute atomic E-state index is 10.1. The molecular formula is C22H28O3. The molecule has 2 aromatic carbocycles. The Balaban J connectivity index is 1.79. The van der Waals surface area contributed by atoms with E-state index in [-0.39, 0.29) is 18.8 Å². The van der Waals surface area contributed by atoms with Crippen LogP contribution in [0.2, 0.25) is 0 Å². The predicted molar refractivity (Wildman–Crippen MR) is 99.7 cm³/mol. The van der Waals surface area contributed by atoms with Crippen molar-refractivity contribution < 1.29 is 14.9 Å². The second-order valence-electron chi connectivity index (χ2n) is 7.09.